The monoisotopic (exact) mass is 626 g/mol. The predicted octanol–water partition coefficient (Wildman–Crippen LogP) is 1.23. The van der Waals surface area contributed by atoms with Crippen LogP contribution in [-0.2, 0) is 25.6 Å². The first-order chi connectivity index (χ1) is 21.2. The van der Waals surface area contributed by atoms with E-state index in [-0.39, 0.29) is 36.4 Å². The number of hydrogen-bond donors (Lipinski definition) is 5. The van der Waals surface area contributed by atoms with Crippen molar-refractivity contribution >= 4 is 40.4 Å². The highest BCUT2D eigenvalue weighted by Gasteiger charge is 2.69. The maximum absolute atomic E-state index is 14.1. The first kappa shape index (κ1) is 34.3. The summed E-state index contributed by atoms with van der Waals surface area (Å²) in [5.74, 6) is -10.9. The predicted molar refractivity (Wildman–Crippen MR) is 168 cm³/mol. The summed E-state index contributed by atoms with van der Waals surface area (Å²) < 4.78 is 0. The fraction of sp³-hybridized carbons (Fsp3) is 0.606. The number of phenolic OH excluding ortho intramolecular Hbond substituents is 1. The van der Waals surface area contributed by atoms with Gasteiger partial charge in [0.25, 0.3) is 0 Å². The van der Waals surface area contributed by atoms with Gasteiger partial charge >= 0.3 is 0 Å². The molecule has 12 heteroatoms. The van der Waals surface area contributed by atoms with Gasteiger partial charge < -0.3 is 31.3 Å². The van der Waals surface area contributed by atoms with E-state index in [0.717, 1.165) is 32.1 Å². The van der Waals surface area contributed by atoms with Crippen LogP contribution in [0, 0.1) is 23.7 Å². The number of allylic oxidation sites excluding steroid dienone is 1. The summed E-state index contributed by atoms with van der Waals surface area (Å²) in [5, 5.41) is 36.8. The number of primary amides is 1. The number of nitrogens with two attached hydrogens (primary N) is 1. The Hall–Kier alpha value is -3.61. The third-order valence-corrected chi connectivity index (χ3v) is 9.74. The number of aromatic hydroxyl groups is 1. The summed E-state index contributed by atoms with van der Waals surface area (Å²) in [6, 6.07) is 0.539. The number of carbonyl (C=O) groups excluding carboxylic acids is 5. The molecule has 1 aromatic rings. The summed E-state index contributed by atoms with van der Waals surface area (Å²) in [5.41, 5.74) is 3.86. The molecular formula is C33H46N4O8. The second kappa shape index (κ2) is 13.4. The Morgan fingerprint density at radius 3 is 2.40 bits per heavy atom. The molecule has 3 aliphatic rings. The first-order valence-corrected chi connectivity index (χ1v) is 15.6. The molecule has 6 N–H and O–H groups in total. The van der Waals surface area contributed by atoms with Crippen molar-refractivity contribution in [3.63, 3.8) is 0 Å². The minimum atomic E-state index is -2.78. The van der Waals surface area contributed by atoms with Crippen molar-refractivity contribution in [2.24, 2.45) is 29.4 Å². The molecule has 0 radical (unpaired) electrons. The number of fused-ring (bicyclic) bond motifs is 3. The Morgan fingerprint density at radius 1 is 1.13 bits per heavy atom. The molecule has 3 unspecified atom stereocenters. The lowest BCUT2D eigenvalue weighted by Crippen LogP contribution is -2.74. The minimum Gasteiger partial charge on any atom is -0.505 e. The second-order valence-corrected chi connectivity index (χ2v) is 13.1. The number of nitrogens with one attached hydrogen (secondary N) is 1. The van der Waals surface area contributed by atoms with Crippen molar-refractivity contribution in [3.05, 3.63) is 29.8 Å². The van der Waals surface area contributed by atoms with Crippen LogP contribution in [-0.4, -0.2) is 102 Å². The van der Waals surface area contributed by atoms with Crippen LogP contribution in [0.4, 0.5) is 11.4 Å². The number of benzene rings is 1. The van der Waals surface area contributed by atoms with Gasteiger partial charge in [0.05, 0.1) is 29.3 Å². The maximum atomic E-state index is 14.1. The minimum absolute atomic E-state index is 0.0166. The van der Waals surface area contributed by atoms with E-state index in [1.54, 1.807) is 39.2 Å². The number of ketones is 4. The lowest BCUT2D eigenvalue weighted by atomic mass is 9.52. The molecule has 246 valence electrons. The quantitative estimate of drug-likeness (QED) is 0.0916. The van der Waals surface area contributed by atoms with Crippen LogP contribution >= 0.6 is 0 Å². The average Bonchev–Trinajstić information content (AvgIpc) is 2.95. The van der Waals surface area contributed by atoms with E-state index in [4.69, 9.17) is 5.73 Å². The van der Waals surface area contributed by atoms with Gasteiger partial charge in [-0.2, -0.15) is 0 Å². The number of phenols is 1. The molecule has 0 bridgehead atoms. The number of unbranched alkanes of at least 4 members (excludes halogenated alkanes) is 4. The first-order valence-electron chi connectivity index (χ1n) is 15.6. The molecule has 4 rings (SSSR count). The zero-order valence-corrected chi connectivity index (χ0v) is 26.5. The summed E-state index contributed by atoms with van der Waals surface area (Å²) in [6.07, 6.45) is 6.77. The van der Waals surface area contributed by atoms with Crippen LogP contribution in [0.1, 0.15) is 60.9 Å². The maximum Gasteiger partial charge on any atom is 0.235 e. The zero-order chi connectivity index (χ0) is 33.4. The molecule has 12 nitrogen and oxygen atoms in total. The fourth-order valence-corrected chi connectivity index (χ4v) is 7.54. The van der Waals surface area contributed by atoms with Gasteiger partial charge in [0.1, 0.15) is 5.75 Å². The molecule has 0 spiro atoms. The molecule has 1 amide bonds. The van der Waals surface area contributed by atoms with Gasteiger partial charge in [-0.25, -0.2) is 0 Å². The SMILES string of the molecule is C=CCCCCCCC(O)CNc1cc(N(C)C)c2c(c1O)C(=O)C1C(=O)[C@@]3(O)C(=O)C(C(N)=O)C(=O)[C@H](N(C)C)[C@H]3C[C@H]1C2. The number of nitrogens with zero attached hydrogens (tertiary/aromatic N) is 2. The zero-order valence-electron chi connectivity index (χ0n) is 26.5. The summed E-state index contributed by atoms with van der Waals surface area (Å²) >= 11 is 0. The molecule has 0 saturated heterocycles. The third kappa shape index (κ3) is 6.03. The topological polar surface area (TPSA) is 191 Å². The molecule has 0 aromatic heterocycles. The highest BCUT2D eigenvalue weighted by molar-refractivity contribution is 6.32. The van der Waals surface area contributed by atoms with Gasteiger partial charge in [-0.15, -0.1) is 6.58 Å². The molecule has 45 heavy (non-hydrogen) atoms. The van der Waals surface area contributed by atoms with Crippen molar-refractivity contribution in [1.29, 1.82) is 0 Å². The number of carbonyl (C=O) groups is 5. The number of hydrogen-bond acceptors (Lipinski definition) is 11. The van der Waals surface area contributed by atoms with Crippen LogP contribution in [0.5, 0.6) is 5.75 Å². The Bertz CT molecular complexity index is 1390. The van der Waals surface area contributed by atoms with Gasteiger partial charge in [-0.05, 0) is 63.7 Å². The smallest absolute Gasteiger partial charge is 0.235 e. The standard InChI is InChI=1S/C33H46N4O8/c1-6-7-8-9-10-11-12-18(38)16-35-21-15-22(36(2)3)19-13-17-14-20-26(37(4)5)29(41)25(32(34)44)31(43)33(20,45)30(42)23(17)28(40)24(19)27(21)39/h6,15,17-18,20,23,25-26,35,38-39,45H,1,7-14,16H2,2-5H3,(H2,34,44)/t17-,18?,20-,23?,25?,26-,33-/m1/s1. The molecule has 1 aromatic carbocycles. The van der Waals surface area contributed by atoms with Gasteiger partial charge in [0, 0.05) is 32.2 Å². The molecule has 2 saturated carbocycles. The Labute approximate surface area is 263 Å². The molecule has 3 aliphatic carbocycles. The van der Waals surface area contributed by atoms with Crippen molar-refractivity contribution in [2.45, 2.75) is 69.1 Å². The van der Waals surface area contributed by atoms with Crippen LogP contribution < -0.4 is 16.0 Å². The van der Waals surface area contributed by atoms with Crippen molar-refractivity contribution < 1.29 is 39.3 Å². The van der Waals surface area contributed by atoms with Gasteiger partial charge in [-0.3, -0.25) is 28.9 Å². The number of aliphatic hydroxyl groups excluding tert-OH is 1. The number of Topliss-reactive ketones (excluding diaryl/α,β-unsaturated/α-hetero) is 4. The van der Waals surface area contributed by atoms with Crippen LogP contribution in [0.3, 0.4) is 0 Å². The van der Waals surface area contributed by atoms with Crippen molar-refractivity contribution in [2.75, 3.05) is 45.0 Å². The van der Waals surface area contributed by atoms with E-state index in [2.05, 4.69) is 11.9 Å². The number of rotatable bonds is 13. The largest absolute Gasteiger partial charge is 0.505 e. The number of amides is 1. The Balaban J connectivity index is 1.66. The fourth-order valence-electron chi connectivity index (χ4n) is 7.54. The molecule has 2 fully saturated rings. The highest BCUT2D eigenvalue weighted by Crippen LogP contribution is 2.52. The molecule has 0 aliphatic heterocycles. The Kier molecular flexibility index (Phi) is 10.2. The third-order valence-electron chi connectivity index (χ3n) is 9.74. The van der Waals surface area contributed by atoms with Crippen LogP contribution in [0.15, 0.2) is 18.7 Å². The van der Waals surface area contributed by atoms with Crippen LogP contribution in [0.2, 0.25) is 0 Å². The van der Waals surface area contributed by atoms with E-state index in [0.29, 0.717) is 17.7 Å². The van der Waals surface area contributed by atoms with Gasteiger partial charge in [0.2, 0.25) is 5.91 Å². The summed E-state index contributed by atoms with van der Waals surface area (Å²) in [7, 11) is 6.66. The molecular weight excluding hydrogens is 580 g/mol. The van der Waals surface area contributed by atoms with E-state index < -0.39 is 70.5 Å². The number of anilines is 2. The number of likely N-dealkylation sites (N-methyl/N-ethyl adjacent to an activating group) is 1. The number of aliphatic hydroxyl groups is 2. The van der Waals surface area contributed by atoms with E-state index in [9.17, 15) is 39.3 Å². The Morgan fingerprint density at radius 2 is 1.80 bits per heavy atom. The van der Waals surface area contributed by atoms with Crippen molar-refractivity contribution in [3.8, 4) is 5.75 Å². The van der Waals surface area contributed by atoms with Gasteiger partial charge in [-0.1, -0.05) is 25.3 Å². The summed E-state index contributed by atoms with van der Waals surface area (Å²) in [6.45, 7) is 3.84. The average molecular weight is 627 g/mol. The molecule has 0 heterocycles. The van der Waals surface area contributed by atoms with Gasteiger partial charge in [0.15, 0.2) is 34.7 Å². The second-order valence-electron chi connectivity index (χ2n) is 13.1. The van der Waals surface area contributed by atoms with E-state index in [1.165, 1.54) is 4.90 Å². The lowest BCUT2D eigenvalue weighted by Gasteiger charge is -2.52. The molecule has 7 atom stereocenters. The van der Waals surface area contributed by atoms with Crippen LogP contribution in [0.25, 0.3) is 0 Å². The normalized spacial score (nSPS) is 28.3. The van der Waals surface area contributed by atoms with Crippen molar-refractivity contribution in [1.82, 2.24) is 4.90 Å². The highest BCUT2D eigenvalue weighted by atomic mass is 16.3. The van der Waals surface area contributed by atoms with E-state index >= 15 is 0 Å². The summed E-state index contributed by atoms with van der Waals surface area (Å²) in [4.78, 5) is 70.4. The van der Waals surface area contributed by atoms with E-state index in [1.807, 2.05) is 6.08 Å². The lowest BCUT2D eigenvalue weighted by molar-refractivity contribution is -0.181.